The van der Waals surface area contributed by atoms with Crippen LogP contribution in [0.5, 0.6) is 0 Å². The highest BCUT2D eigenvalue weighted by Gasteiger charge is 2.14. The molecule has 4 nitrogen and oxygen atoms in total. The summed E-state index contributed by atoms with van der Waals surface area (Å²) >= 11 is 2.05. The maximum absolute atomic E-state index is 5.89. The molecule has 0 unspecified atom stereocenters. The summed E-state index contributed by atoms with van der Waals surface area (Å²) < 4.78 is 0. The summed E-state index contributed by atoms with van der Waals surface area (Å²) in [6.45, 7) is 4.29. The molecule has 3 N–H and O–H groups in total. The first-order valence-electron chi connectivity index (χ1n) is 6.71. The van der Waals surface area contributed by atoms with Crippen molar-refractivity contribution >= 4 is 41.7 Å². The normalized spacial score (nSPS) is 22.8. The van der Waals surface area contributed by atoms with E-state index < -0.39 is 0 Å². The minimum Gasteiger partial charge on any atom is -0.370 e. The lowest BCUT2D eigenvalue weighted by atomic mass is 10.2. The zero-order valence-electron chi connectivity index (χ0n) is 10.9. The molecule has 1 heterocycles. The van der Waals surface area contributed by atoms with Crippen molar-refractivity contribution in [2.45, 2.75) is 31.7 Å². The van der Waals surface area contributed by atoms with Gasteiger partial charge in [0, 0.05) is 37.2 Å². The molecule has 0 amide bonds. The Hall–Kier alpha value is 0.310. The monoisotopic (exact) mass is 384 g/mol. The molecule has 0 atom stereocenters. The Bertz CT molecular complexity index is 250. The molecule has 0 aromatic carbocycles. The van der Waals surface area contributed by atoms with Crippen LogP contribution in [-0.4, -0.2) is 54.6 Å². The quantitative estimate of drug-likeness (QED) is 0.438. The minimum absolute atomic E-state index is 0. The second kappa shape index (κ2) is 9.25. The van der Waals surface area contributed by atoms with E-state index in [0.717, 1.165) is 13.1 Å². The molecule has 2 aliphatic rings. The molecule has 6 heteroatoms. The number of nitrogens with zero attached hydrogens (tertiary/aromatic N) is 2. The average molecular weight is 384 g/mol. The fraction of sp³-hybridized carbons (Fsp3) is 0.917. The molecule has 1 aliphatic heterocycles. The highest BCUT2D eigenvalue weighted by atomic mass is 127. The van der Waals surface area contributed by atoms with E-state index in [1.165, 1.54) is 50.3 Å². The van der Waals surface area contributed by atoms with Crippen molar-refractivity contribution < 1.29 is 0 Å². The van der Waals surface area contributed by atoms with Crippen LogP contribution in [0.2, 0.25) is 0 Å². The fourth-order valence-electron chi connectivity index (χ4n) is 2.46. The largest absolute Gasteiger partial charge is 0.370 e. The summed E-state index contributed by atoms with van der Waals surface area (Å²) in [6.07, 6.45) is 5.16. The Morgan fingerprint density at radius 2 is 1.94 bits per heavy atom. The lowest BCUT2D eigenvalue weighted by Gasteiger charge is -2.25. The smallest absolute Gasteiger partial charge is 0.188 e. The number of nitrogens with one attached hydrogen (secondary N) is 1. The molecule has 1 aliphatic carbocycles. The molecule has 1 saturated heterocycles. The van der Waals surface area contributed by atoms with E-state index in [9.17, 15) is 0 Å². The first kappa shape index (κ1) is 16.4. The van der Waals surface area contributed by atoms with Crippen LogP contribution < -0.4 is 11.1 Å². The number of halogens is 1. The van der Waals surface area contributed by atoms with Crippen LogP contribution in [0.15, 0.2) is 4.99 Å². The van der Waals surface area contributed by atoms with Gasteiger partial charge >= 0.3 is 0 Å². The van der Waals surface area contributed by atoms with Gasteiger partial charge in [-0.2, -0.15) is 11.8 Å². The van der Waals surface area contributed by atoms with Crippen LogP contribution in [0, 0.1) is 0 Å². The molecule has 2 fully saturated rings. The van der Waals surface area contributed by atoms with E-state index in [4.69, 9.17) is 5.73 Å². The number of nitrogens with two attached hydrogens (primary N) is 1. The second-order valence-corrected chi connectivity index (χ2v) is 6.07. The number of hydrogen-bond acceptors (Lipinski definition) is 3. The van der Waals surface area contributed by atoms with Crippen molar-refractivity contribution in [3.63, 3.8) is 0 Å². The number of rotatable bonds is 4. The second-order valence-electron chi connectivity index (χ2n) is 4.85. The molecule has 0 aromatic rings. The molecule has 0 bridgehead atoms. The van der Waals surface area contributed by atoms with Gasteiger partial charge in [-0.3, -0.25) is 9.89 Å². The minimum atomic E-state index is 0. The van der Waals surface area contributed by atoms with Crippen LogP contribution >= 0.6 is 35.7 Å². The zero-order chi connectivity index (χ0) is 11.9. The van der Waals surface area contributed by atoms with E-state index in [-0.39, 0.29) is 24.0 Å². The summed E-state index contributed by atoms with van der Waals surface area (Å²) in [5.74, 6) is 3.17. The summed E-state index contributed by atoms with van der Waals surface area (Å²) in [5, 5.41) is 3.32. The third kappa shape index (κ3) is 5.97. The lowest BCUT2D eigenvalue weighted by molar-refractivity contribution is 0.311. The van der Waals surface area contributed by atoms with Gasteiger partial charge in [-0.15, -0.1) is 24.0 Å². The molecule has 0 radical (unpaired) electrons. The van der Waals surface area contributed by atoms with E-state index >= 15 is 0 Å². The predicted molar refractivity (Wildman–Crippen MR) is 91.1 cm³/mol. The molecular formula is C12H25IN4S. The van der Waals surface area contributed by atoms with Crippen LogP contribution in [0.4, 0.5) is 0 Å². The van der Waals surface area contributed by atoms with Gasteiger partial charge in [-0.1, -0.05) is 12.8 Å². The maximum atomic E-state index is 5.89. The number of guanidine groups is 1. The Labute approximate surface area is 132 Å². The number of thioether (sulfide) groups is 1. The van der Waals surface area contributed by atoms with Gasteiger partial charge in [0.25, 0.3) is 0 Å². The summed E-state index contributed by atoms with van der Waals surface area (Å²) in [7, 11) is 0. The first-order chi connectivity index (χ1) is 8.34. The Morgan fingerprint density at radius 1 is 1.28 bits per heavy atom. The fourth-order valence-corrected chi connectivity index (χ4v) is 3.44. The highest BCUT2D eigenvalue weighted by molar-refractivity contribution is 14.0. The lowest BCUT2D eigenvalue weighted by Crippen LogP contribution is -2.39. The molecule has 0 aromatic heterocycles. The van der Waals surface area contributed by atoms with Gasteiger partial charge in [0.2, 0.25) is 0 Å². The third-order valence-corrected chi connectivity index (χ3v) is 4.45. The van der Waals surface area contributed by atoms with Gasteiger partial charge in [0.1, 0.15) is 0 Å². The van der Waals surface area contributed by atoms with Crippen LogP contribution in [-0.2, 0) is 0 Å². The molecule has 18 heavy (non-hydrogen) atoms. The molecule has 2 rings (SSSR count). The van der Waals surface area contributed by atoms with Crippen LogP contribution in [0.3, 0.4) is 0 Å². The Kier molecular flexibility index (Phi) is 8.41. The van der Waals surface area contributed by atoms with Crippen LogP contribution in [0.25, 0.3) is 0 Å². The van der Waals surface area contributed by atoms with Gasteiger partial charge in [-0.25, -0.2) is 0 Å². The molecule has 106 valence electrons. The van der Waals surface area contributed by atoms with E-state index in [1.54, 1.807) is 0 Å². The SMILES string of the molecule is I.NC(=NCCN1CCSCC1)NC1CCCC1. The van der Waals surface area contributed by atoms with Crippen molar-refractivity contribution in [2.75, 3.05) is 37.7 Å². The topological polar surface area (TPSA) is 53.6 Å². The Balaban J connectivity index is 0.00000162. The van der Waals surface area contributed by atoms with Gasteiger partial charge in [0.05, 0.1) is 6.54 Å². The van der Waals surface area contributed by atoms with Gasteiger partial charge < -0.3 is 11.1 Å². The van der Waals surface area contributed by atoms with Crippen molar-refractivity contribution in [2.24, 2.45) is 10.7 Å². The van der Waals surface area contributed by atoms with Crippen molar-refractivity contribution in [3.05, 3.63) is 0 Å². The van der Waals surface area contributed by atoms with Gasteiger partial charge in [-0.05, 0) is 12.8 Å². The highest BCUT2D eigenvalue weighted by Crippen LogP contribution is 2.17. The summed E-state index contributed by atoms with van der Waals surface area (Å²) in [5.41, 5.74) is 5.89. The van der Waals surface area contributed by atoms with E-state index in [2.05, 4.69) is 15.2 Å². The van der Waals surface area contributed by atoms with E-state index in [0.29, 0.717) is 12.0 Å². The molecule has 0 spiro atoms. The molecular weight excluding hydrogens is 359 g/mol. The maximum Gasteiger partial charge on any atom is 0.188 e. The van der Waals surface area contributed by atoms with Gasteiger partial charge in [0.15, 0.2) is 5.96 Å². The summed E-state index contributed by atoms with van der Waals surface area (Å²) in [6, 6.07) is 0.574. The van der Waals surface area contributed by atoms with E-state index in [1.807, 2.05) is 11.8 Å². The average Bonchev–Trinajstić information content (AvgIpc) is 2.83. The standard InChI is InChI=1S/C12H24N4S.HI/c13-12(15-11-3-1-2-4-11)14-5-6-16-7-9-17-10-8-16;/h11H,1-10H2,(H3,13,14,15);1H. The number of aliphatic imine (C=N–C) groups is 1. The van der Waals surface area contributed by atoms with Crippen molar-refractivity contribution in [3.8, 4) is 0 Å². The Morgan fingerprint density at radius 3 is 2.61 bits per heavy atom. The molecule has 1 saturated carbocycles. The first-order valence-corrected chi connectivity index (χ1v) is 7.86. The zero-order valence-corrected chi connectivity index (χ0v) is 14.1. The third-order valence-electron chi connectivity index (χ3n) is 3.51. The van der Waals surface area contributed by atoms with Crippen LogP contribution in [0.1, 0.15) is 25.7 Å². The van der Waals surface area contributed by atoms with Crippen molar-refractivity contribution in [1.82, 2.24) is 10.2 Å². The van der Waals surface area contributed by atoms with Crippen molar-refractivity contribution in [1.29, 1.82) is 0 Å². The number of hydrogen-bond donors (Lipinski definition) is 2. The summed E-state index contributed by atoms with van der Waals surface area (Å²) in [4.78, 5) is 6.89. The predicted octanol–water partition coefficient (Wildman–Crippen LogP) is 1.50.